The third-order valence-electron chi connectivity index (χ3n) is 2.42. The Bertz CT molecular complexity index is 126. The number of rotatable bonds is 1. The second-order valence-electron chi connectivity index (χ2n) is 3.36. The zero-order chi connectivity index (χ0) is 9.56. The Labute approximate surface area is 75.5 Å². The molecule has 0 atom stereocenters. The first-order valence-electron chi connectivity index (χ1n) is 4.99. The van der Waals surface area contributed by atoms with E-state index in [4.69, 9.17) is 5.73 Å². The van der Waals surface area contributed by atoms with Crippen molar-refractivity contribution in [2.75, 3.05) is 0 Å². The van der Waals surface area contributed by atoms with Gasteiger partial charge in [0.1, 0.15) is 0 Å². The lowest BCUT2D eigenvalue weighted by molar-refractivity contribution is -0.122. The number of hydrogen-bond acceptors (Lipinski definition) is 1. The molecular formula is C10H21NO. The summed E-state index contributed by atoms with van der Waals surface area (Å²) in [6.45, 7) is 6.23. The fraction of sp³-hybridized carbons (Fsp3) is 0.900. The molecule has 1 amide bonds. The molecule has 0 aromatic carbocycles. The summed E-state index contributed by atoms with van der Waals surface area (Å²) >= 11 is 0. The van der Waals surface area contributed by atoms with Gasteiger partial charge in [0.25, 0.3) is 0 Å². The summed E-state index contributed by atoms with van der Waals surface area (Å²) in [5.41, 5.74) is 5.17. The number of hydrogen-bond donors (Lipinski definition) is 1. The van der Waals surface area contributed by atoms with E-state index in [0.29, 0.717) is 0 Å². The largest absolute Gasteiger partial charge is 0.369 e. The molecule has 1 aliphatic rings. The van der Waals surface area contributed by atoms with Gasteiger partial charge in [-0.2, -0.15) is 0 Å². The Morgan fingerprint density at radius 3 is 1.92 bits per heavy atom. The first kappa shape index (κ1) is 11.5. The summed E-state index contributed by atoms with van der Waals surface area (Å²) < 4.78 is 0. The zero-order valence-electron chi connectivity index (χ0n) is 8.47. The quantitative estimate of drug-likeness (QED) is 0.646. The molecule has 0 aromatic heterocycles. The van der Waals surface area contributed by atoms with Crippen LogP contribution in [-0.2, 0) is 4.79 Å². The van der Waals surface area contributed by atoms with Crippen LogP contribution in [0, 0.1) is 11.8 Å². The predicted molar refractivity (Wildman–Crippen MR) is 51.7 cm³/mol. The maximum atomic E-state index is 10.7. The lowest BCUT2D eigenvalue weighted by atomic mass is 9.83. The lowest BCUT2D eigenvalue weighted by Crippen LogP contribution is -2.26. The predicted octanol–water partition coefficient (Wildman–Crippen LogP) is 2.32. The standard InChI is InChI=1S/C8H15NO.C2H6/c1-6-2-4-7(5-3-6)8(9)10;1-2/h6-7H,2-5H2,1H3,(H2,9,10);1-2H3. The van der Waals surface area contributed by atoms with Gasteiger partial charge in [-0.25, -0.2) is 0 Å². The molecule has 1 aliphatic carbocycles. The molecule has 1 fully saturated rings. The van der Waals surface area contributed by atoms with Gasteiger partial charge in [0, 0.05) is 5.92 Å². The Morgan fingerprint density at radius 2 is 1.58 bits per heavy atom. The van der Waals surface area contributed by atoms with Gasteiger partial charge in [0.2, 0.25) is 5.91 Å². The van der Waals surface area contributed by atoms with Crippen molar-refractivity contribution in [1.29, 1.82) is 0 Å². The van der Waals surface area contributed by atoms with E-state index in [-0.39, 0.29) is 11.8 Å². The monoisotopic (exact) mass is 171 g/mol. The summed E-state index contributed by atoms with van der Waals surface area (Å²) in [5, 5.41) is 0. The molecule has 12 heavy (non-hydrogen) atoms. The highest BCUT2D eigenvalue weighted by atomic mass is 16.1. The van der Waals surface area contributed by atoms with Crippen molar-refractivity contribution in [3.05, 3.63) is 0 Å². The minimum absolute atomic E-state index is 0.105. The molecule has 0 radical (unpaired) electrons. The van der Waals surface area contributed by atoms with Crippen LogP contribution in [0.1, 0.15) is 46.5 Å². The van der Waals surface area contributed by atoms with Crippen LogP contribution < -0.4 is 5.73 Å². The molecule has 1 rings (SSSR count). The fourth-order valence-electron chi connectivity index (χ4n) is 1.54. The summed E-state index contributed by atoms with van der Waals surface area (Å²) in [6, 6.07) is 0. The van der Waals surface area contributed by atoms with E-state index in [1.54, 1.807) is 0 Å². The highest BCUT2D eigenvalue weighted by Crippen LogP contribution is 2.27. The van der Waals surface area contributed by atoms with Gasteiger partial charge in [-0.3, -0.25) is 4.79 Å². The Balaban J connectivity index is 0.000000561. The molecule has 72 valence electrons. The van der Waals surface area contributed by atoms with E-state index >= 15 is 0 Å². The van der Waals surface area contributed by atoms with E-state index in [0.717, 1.165) is 18.8 Å². The van der Waals surface area contributed by atoms with Crippen LogP contribution in [0.2, 0.25) is 0 Å². The van der Waals surface area contributed by atoms with E-state index in [1.165, 1.54) is 12.8 Å². The third kappa shape index (κ3) is 3.74. The van der Waals surface area contributed by atoms with E-state index in [1.807, 2.05) is 13.8 Å². The molecule has 0 spiro atoms. The first-order valence-corrected chi connectivity index (χ1v) is 4.99. The maximum Gasteiger partial charge on any atom is 0.220 e. The number of primary amides is 1. The van der Waals surface area contributed by atoms with E-state index in [2.05, 4.69) is 6.92 Å². The number of carbonyl (C=O) groups excluding carboxylic acids is 1. The number of nitrogens with two attached hydrogens (primary N) is 1. The summed E-state index contributed by atoms with van der Waals surface area (Å²) in [4.78, 5) is 10.7. The first-order chi connectivity index (χ1) is 5.70. The van der Waals surface area contributed by atoms with Crippen LogP contribution in [0.15, 0.2) is 0 Å². The van der Waals surface area contributed by atoms with Crippen LogP contribution in [-0.4, -0.2) is 5.91 Å². The van der Waals surface area contributed by atoms with Crippen molar-refractivity contribution < 1.29 is 4.79 Å². The van der Waals surface area contributed by atoms with Crippen LogP contribution >= 0.6 is 0 Å². The smallest absolute Gasteiger partial charge is 0.220 e. The van der Waals surface area contributed by atoms with Crippen molar-refractivity contribution in [1.82, 2.24) is 0 Å². The topological polar surface area (TPSA) is 43.1 Å². The minimum Gasteiger partial charge on any atom is -0.369 e. The molecule has 0 aliphatic heterocycles. The Morgan fingerprint density at radius 1 is 1.17 bits per heavy atom. The van der Waals surface area contributed by atoms with Gasteiger partial charge in [-0.15, -0.1) is 0 Å². The number of amides is 1. The molecular weight excluding hydrogens is 150 g/mol. The van der Waals surface area contributed by atoms with Gasteiger partial charge in [-0.05, 0) is 31.6 Å². The van der Waals surface area contributed by atoms with E-state index in [9.17, 15) is 4.79 Å². The third-order valence-corrected chi connectivity index (χ3v) is 2.42. The van der Waals surface area contributed by atoms with Crippen molar-refractivity contribution in [2.24, 2.45) is 17.6 Å². The van der Waals surface area contributed by atoms with Gasteiger partial charge >= 0.3 is 0 Å². The molecule has 2 heteroatoms. The maximum absolute atomic E-state index is 10.7. The summed E-state index contributed by atoms with van der Waals surface area (Å²) in [7, 11) is 0. The molecule has 1 saturated carbocycles. The van der Waals surface area contributed by atoms with Crippen molar-refractivity contribution in [2.45, 2.75) is 46.5 Å². The highest BCUT2D eigenvalue weighted by molar-refractivity contribution is 5.76. The zero-order valence-corrected chi connectivity index (χ0v) is 8.47. The van der Waals surface area contributed by atoms with Crippen LogP contribution in [0.3, 0.4) is 0 Å². The Kier molecular flexibility index (Phi) is 5.77. The highest BCUT2D eigenvalue weighted by Gasteiger charge is 2.21. The fourth-order valence-corrected chi connectivity index (χ4v) is 1.54. The average Bonchev–Trinajstić information content (AvgIpc) is 2.09. The summed E-state index contributed by atoms with van der Waals surface area (Å²) in [6.07, 6.45) is 4.37. The average molecular weight is 171 g/mol. The van der Waals surface area contributed by atoms with Gasteiger partial charge in [0.05, 0.1) is 0 Å². The molecule has 2 N–H and O–H groups in total. The molecule has 0 unspecified atom stereocenters. The van der Waals surface area contributed by atoms with Crippen molar-refractivity contribution in [3.8, 4) is 0 Å². The summed E-state index contributed by atoms with van der Waals surface area (Å²) in [5.74, 6) is 0.874. The molecule has 0 saturated heterocycles. The normalized spacial score (nSPS) is 28.6. The van der Waals surface area contributed by atoms with Gasteiger partial charge in [-0.1, -0.05) is 20.8 Å². The van der Waals surface area contributed by atoms with Crippen LogP contribution in [0.5, 0.6) is 0 Å². The lowest BCUT2D eigenvalue weighted by Gasteiger charge is -2.23. The second-order valence-corrected chi connectivity index (χ2v) is 3.36. The second kappa shape index (κ2) is 6.04. The SMILES string of the molecule is CC.CC1CCC(C(N)=O)CC1. The molecule has 0 heterocycles. The van der Waals surface area contributed by atoms with Gasteiger partial charge < -0.3 is 5.73 Å². The van der Waals surface area contributed by atoms with Crippen molar-refractivity contribution in [3.63, 3.8) is 0 Å². The molecule has 2 nitrogen and oxygen atoms in total. The number of carbonyl (C=O) groups is 1. The minimum atomic E-state index is -0.105. The Hall–Kier alpha value is -0.530. The molecule has 0 aromatic rings. The molecule has 0 bridgehead atoms. The van der Waals surface area contributed by atoms with Crippen molar-refractivity contribution >= 4 is 5.91 Å². The van der Waals surface area contributed by atoms with Crippen LogP contribution in [0.4, 0.5) is 0 Å². The van der Waals surface area contributed by atoms with Gasteiger partial charge in [0.15, 0.2) is 0 Å². The van der Waals surface area contributed by atoms with Crippen LogP contribution in [0.25, 0.3) is 0 Å². The van der Waals surface area contributed by atoms with E-state index < -0.39 is 0 Å².